The van der Waals surface area contributed by atoms with E-state index in [9.17, 15) is 18.3 Å². The van der Waals surface area contributed by atoms with Gasteiger partial charge < -0.3 is 15.2 Å². The monoisotopic (exact) mass is 390 g/mol. The Morgan fingerprint density at radius 1 is 1.19 bits per heavy atom. The van der Waals surface area contributed by atoms with Gasteiger partial charge >= 0.3 is 0 Å². The van der Waals surface area contributed by atoms with Gasteiger partial charge in [0.2, 0.25) is 15.9 Å². The SMILES string of the molecule is COc1ccc(/C=C/C(=O)Nc2ccc(C)cc2O)cc1S(=O)(=O)N(C)C. The summed E-state index contributed by atoms with van der Waals surface area (Å²) in [6, 6.07) is 9.51. The molecule has 0 unspecified atom stereocenters. The van der Waals surface area contributed by atoms with Crippen molar-refractivity contribution in [1.82, 2.24) is 4.31 Å². The predicted octanol–water partition coefficient (Wildman–Crippen LogP) is 2.61. The topological polar surface area (TPSA) is 95.9 Å². The third-order valence-corrected chi connectivity index (χ3v) is 5.62. The number of nitrogens with one attached hydrogen (secondary N) is 1. The zero-order chi connectivity index (χ0) is 20.2. The van der Waals surface area contributed by atoms with E-state index in [-0.39, 0.29) is 16.4 Å². The number of nitrogens with zero attached hydrogens (tertiary/aromatic N) is 1. The first kappa shape index (κ1) is 20.5. The largest absolute Gasteiger partial charge is 0.506 e. The molecule has 0 fully saturated rings. The fourth-order valence-corrected chi connectivity index (χ4v) is 3.37. The van der Waals surface area contributed by atoms with Gasteiger partial charge in [-0.2, -0.15) is 0 Å². The summed E-state index contributed by atoms with van der Waals surface area (Å²) in [6.07, 6.45) is 2.74. The van der Waals surface area contributed by atoms with Crippen molar-refractivity contribution >= 4 is 27.7 Å². The molecule has 0 saturated heterocycles. The summed E-state index contributed by atoms with van der Waals surface area (Å²) in [4.78, 5) is 12.1. The Morgan fingerprint density at radius 2 is 1.89 bits per heavy atom. The fourth-order valence-electron chi connectivity index (χ4n) is 2.29. The van der Waals surface area contributed by atoms with Gasteiger partial charge in [-0.15, -0.1) is 0 Å². The van der Waals surface area contributed by atoms with Crippen LogP contribution in [-0.2, 0) is 14.8 Å². The second kappa shape index (κ2) is 8.24. The van der Waals surface area contributed by atoms with Crippen LogP contribution in [0.1, 0.15) is 11.1 Å². The van der Waals surface area contributed by atoms with Crippen LogP contribution in [-0.4, -0.2) is 44.9 Å². The summed E-state index contributed by atoms with van der Waals surface area (Å²) in [5.41, 5.74) is 1.68. The fraction of sp³-hybridized carbons (Fsp3) is 0.211. The summed E-state index contributed by atoms with van der Waals surface area (Å²) < 4.78 is 31.1. The van der Waals surface area contributed by atoms with E-state index < -0.39 is 15.9 Å². The molecule has 0 bridgehead atoms. The minimum atomic E-state index is -3.70. The van der Waals surface area contributed by atoms with Gasteiger partial charge in [-0.05, 0) is 48.4 Å². The highest BCUT2D eigenvalue weighted by Crippen LogP contribution is 2.27. The Bertz CT molecular complexity index is 982. The Morgan fingerprint density at radius 3 is 2.48 bits per heavy atom. The van der Waals surface area contributed by atoms with Gasteiger partial charge in [-0.1, -0.05) is 12.1 Å². The van der Waals surface area contributed by atoms with Gasteiger partial charge in [0.25, 0.3) is 0 Å². The van der Waals surface area contributed by atoms with E-state index >= 15 is 0 Å². The first-order chi connectivity index (χ1) is 12.6. The van der Waals surface area contributed by atoms with Gasteiger partial charge in [0.15, 0.2) is 0 Å². The smallest absolute Gasteiger partial charge is 0.248 e. The molecule has 144 valence electrons. The number of phenolic OH excluding ortho intramolecular Hbond substituents is 1. The standard InChI is InChI=1S/C19H22N2O5S/c1-13-5-8-15(16(22)11-13)20-19(23)10-7-14-6-9-17(26-4)18(12-14)27(24,25)21(2)3/h5-12,22H,1-4H3,(H,20,23)/b10-7+. The van der Waals surface area contributed by atoms with Crippen molar-refractivity contribution in [2.45, 2.75) is 11.8 Å². The number of hydrogen-bond donors (Lipinski definition) is 2. The molecule has 0 aliphatic heterocycles. The number of carbonyl (C=O) groups excluding carboxylic acids is 1. The average molecular weight is 390 g/mol. The molecule has 0 radical (unpaired) electrons. The number of methoxy groups -OCH3 is 1. The molecule has 2 rings (SSSR count). The lowest BCUT2D eigenvalue weighted by molar-refractivity contribution is -0.111. The highest BCUT2D eigenvalue weighted by atomic mass is 32.2. The summed E-state index contributed by atoms with van der Waals surface area (Å²) in [5, 5.41) is 12.4. The van der Waals surface area contributed by atoms with Crippen molar-refractivity contribution in [2.75, 3.05) is 26.5 Å². The molecule has 0 aliphatic rings. The van der Waals surface area contributed by atoms with Crippen molar-refractivity contribution in [1.29, 1.82) is 0 Å². The second-order valence-corrected chi connectivity index (χ2v) is 8.16. The minimum Gasteiger partial charge on any atom is -0.506 e. The normalized spacial score (nSPS) is 11.7. The van der Waals surface area contributed by atoms with E-state index in [2.05, 4.69) is 5.32 Å². The van der Waals surface area contributed by atoms with E-state index in [4.69, 9.17) is 4.74 Å². The lowest BCUT2D eigenvalue weighted by atomic mass is 10.2. The van der Waals surface area contributed by atoms with Crippen LogP contribution in [0.3, 0.4) is 0 Å². The van der Waals surface area contributed by atoms with Crippen LogP contribution < -0.4 is 10.1 Å². The number of aryl methyl sites for hydroxylation is 1. The number of hydrogen-bond acceptors (Lipinski definition) is 5. The van der Waals surface area contributed by atoms with Crippen molar-refractivity contribution in [2.24, 2.45) is 0 Å². The highest BCUT2D eigenvalue weighted by Gasteiger charge is 2.22. The van der Waals surface area contributed by atoms with E-state index in [1.54, 1.807) is 24.3 Å². The van der Waals surface area contributed by atoms with E-state index in [1.165, 1.54) is 45.5 Å². The molecule has 0 heterocycles. The van der Waals surface area contributed by atoms with Gasteiger partial charge in [0, 0.05) is 20.2 Å². The second-order valence-electron chi connectivity index (χ2n) is 6.04. The highest BCUT2D eigenvalue weighted by molar-refractivity contribution is 7.89. The lowest BCUT2D eigenvalue weighted by Gasteiger charge is -2.15. The van der Waals surface area contributed by atoms with Crippen LogP contribution >= 0.6 is 0 Å². The minimum absolute atomic E-state index is 0.00809. The number of amides is 1. The zero-order valence-electron chi connectivity index (χ0n) is 15.6. The molecule has 2 N–H and O–H groups in total. The van der Waals surface area contributed by atoms with Gasteiger partial charge in [-0.3, -0.25) is 4.79 Å². The summed E-state index contributed by atoms with van der Waals surface area (Å²) in [5.74, 6) is -0.266. The number of benzene rings is 2. The molecule has 0 saturated carbocycles. The molecule has 2 aromatic carbocycles. The molecule has 0 aliphatic carbocycles. The Kier molecular flexibility index (Phi) is 6.24. The number of carbonyl (C=O) groups is 1. The Hall–Kier alpha value is -2.84. The number of aromatic hydroxyl groups is 1. The van der Waals surface area contributed by atoms with Crippen LogP contribution in [0, 0.1) is 6.92 Å². The number of ether oxygens (including phenoxy) is 1. The van der Waals surface area contributed by atoms with E-state index in [1.807, 2.05) is 6.92 Å². The predicted molar refractivity (Wildman–Crippen MR) is 104 cm³/mol. The van der Waals surface area contributed by atoms with Crippen molar-refractivity contribution < 1.29 is 23.1 Å². The summed E-state index contributed by atoms with van der Waals surface area (Å²) in [7, 11) is 0.550. The van der Waals surface area contributed by atoms with Gasteiger partial charge in [0.1, 0.15) is 16.4 Å². The third-order valence-electron chi connectivity index (χ3n) is 3.78. The molecule has 0 aromatic heterocycles. The maximum atomic E-state index is 12.4. The average Bonchev–Trinajstić information content (AvgIpc) is 2.62. The van der Waals surface area contributed by atoms with Crippen LogP contribution in [0.25, 0.3) is 6.08 Å². The molecular weight excluding hydrogens is 368 g/mol. The molecule has 8 heteroatoms. The van der Waals surface area contributed by atoms with Crippen molar-refractivity contribution in [3.63, 3.8) is 0 Å². The Balaban J connectivity index is 2.25. The molecule has 1 amide bonds. The van der Waals surface area contributed by atoms with Crippen LogP contribution in [0.4, 0.5) is 5.69 Å². The first-order valence-corrected chi connectivity index (χ1v) is 9.48. The van der Waals surface area contributed by atoms with Crippen LogP contribution in [0.15, 0.2) is 47.4 Å². The molecule has 27 heavy (non-hydrogen) atoms. The maximum absolute atomic E-state index is 12.4. The van der Waals surface area contributed by atoms with E-state index in [0.717, 1.165) is 9.87 Å². The molecule has 7 nitrogen and oxygen atoms in total. The van der Waals surface area contributed by atoms with Crippen LogP contribution in [0.2, 0.25) is 0 Å². The van der Waals surface area contributed by atoms with Crippen LogP contribution in [0.5, 0.6) is 11.5 Å². The quantitative estimate of drug-likeness (QED) is 0.584. The number of sulfonamides is 1. The molecular formula is C19H22N2O5S. The van der Waals surface area contributed by atoms with Gasteiger partial charge in [0.05, 0.1) is 12.8 Å². The lowest BCUT2D eigenvalue weighted by Crippen LogP contribution is -2.22. The maximum Gasteiger partial charge on any atom is 0.248 e. The molecule has 0 atom stereocenters. The summed E-state index contributed by atoms with van der Waals surface area (Å²) >= 11 is 0. The zero-order valence-corrected chi connectivity index (χ0v) is 16.4. The van der Waals surface area contributed by atoms with Crippen molar-refractivity contribution in [3.8, 4) is 11.5 Å². The third kappa shape index (κ3) is 4.87. The number of phenols is 1. The number of rotatable bonds is 6. The molecule has 2 aromatic rings. The Labute approximate surface area is 158 Å². The van der Waals surface area contributed by atoms with E-state index in [0.29, 0.717) is 11.3 Å². The van der Waals surface area contributed by atoms with Gasteiger partial charge in [-0.25, -0.2) is 12.7 Å². The number of anilines is 1. The molecule has 0 spiro atoms. The first-order valence-electron chi connectivity index (χ1n) is 8.04. The summed E-state index contributed by atoms with van der Waals surface area (Å²) in [6.45, 7) is 1.83. The van der Waals surface area contributed by atoms with Crippen molar-refractivity contribution in [3.05, 3.63) is 53.6 Å².